The Morgan fingerprint density at radius 3 is 2.46 bits per heavy atom. The molecular weight excluding hydrogens is 336 g/mol. The van der Waals surface area contributed by atoms with Crippen LogP contribution in [-0.4, -0.2) is 50.1 Å². The van der Waals surface area contributed by atoms with E-state index in [4.69, 9.17) is 10.5 Å². The number of anilines is 2. The molecule has 0 aromatic heterocycles. The lowest BCUT2D eigenvalue weighted by molar-refractivity contribution is -0.128. The van der Waals surface area contributed by atoms with E-state index in [9.17, 15) is 14.4 Å². The molecule has 8 nitrogen and oxygen atoms in total. The molecule has 142 valence electrons. The van der Waals surface area contributed by atoms with Crippen molar-refractivity contribution in [2.45, 2.75) is 26.8 Å². The van der Waals surface area contributed by atoms with Crippen LogP contribution in [0.25, 0.3) is 0 Å². The minimum Gasteiger partial charge on any atom is -0.370 e. The van der Waals surface area contributed by atoms with E-state index in [1.165, 1.54) is 0 Å². The summed E-state index contributed by atoms with van der Waals surface area (Å²) in [6.45, 7) is 7.48. The first-order valence-corrected chi connectivity index (χ1v) is 8.49. The van der Waals surface area contributed by atoms with Gasteiger partial charge in [-0.05, 0) is 29.7 Å². The molecule has 26 heavy (non-hydrogen) atoms. The van der Waals surface area contributed by atoms with Crippen molar-refractivity contribution in [3.63, 3.8) is 0 Å². The van der Waals surface area contributed by atoms with Crippen molar-refractivity contribution in [3.8, 4) is 0 Å². The average Bonchev–Trinajstić information content (AvgIpc) is 2.55. The average molecular weight is 362 g/mol. The van der Waals surface area contributed by atoms with Crippen molar-refractivity contribution in [3.05, 3.63) is 24.3 Å². The molecule has 1 aromatic carbocycles. The number of carbonyl (C=O) groups is 3. The lowest BCUT2D eigenvalue weighted by atomic mass is 9.96. The normalized spacial score (nSPS) is 16.3. The van der Waals surface area contributed by atoms with Crippen molar-refractivity contribution < 1.29 is 19.1 Å². The molecule has 1 atom stereocenters. The van der Waals surface area contributed by atoms with E-state index < -0.39 is 17.9 Å². The molecular formula is C18H26N4O4. The van der Waals surface area contributed by atoms with Crippen LogP contribution in [0.2, 0.25) is 0 Å². The molecule has 0 aliphatic carbocycles. The Kier molecular flexibility index (Phi) is 6.33. The maximum absolute atomic E-state index is 12.4. The van der Waals surface area contributed by atoms with Crippen LogP contribution in [-0.2, 0) is 19.1 Å². The summed E-state index contributed by atoms with van der Waals surface area (Å²) in [5.74, 6) is -1.35. The molecule has 1 aliphatic heterocycles. The quantitative estimate of drug-likeness (QED) is 0.637. The number of primary amides is 1. The number of morpholine rings is 1. The largest absolute Gasteiger partial charge is 0.370 e. The standard InChI is InChI=1S/C18H26N4O4/c1-18(2,3)11-20-15(16(19)24)17(25)21-12-4-6-13(7-5-12)22-8-9-26-10-14(22)23/h4-7,15,20H,8-11H2,1-3H3,(H2,19,24)(H,21,25)/t15-/m0/s1. The van der Waals surface area contributed by atoms with E-state index in [1.54, 1.807) is 29.2 Å². The maximum Gasteiger partial charge on any atom is 0.253 e. The number of carbonyl (C=O) groups excluding carboxylic acids is 3. The first-order chi connectivity index (χ1) is 12.2. The van der Waals surface area contributed by atoms with Crippen LogP contribution >= 0.6 is 0 Å². The fourth-order valence-electron chi connectivity index (χ4n) is 2.46. The third kappa shape index (κ3) is 5.53. The van der Waals surface area contributed by atoms with Crippen LogP contribution in [0.15, 0.2) is 24.3 Å². The number of nitrogens with zero attached hydrogens (tertiary/aromatic N) is 1. The van der Waals surface area contributed by atoms with Gasteiger partial charge in [-0.25, -0.2) is 0 Å². The lowest BCUT2D eigenvalue weighted by Crippen LogP contribution is -2.51. The number of amides is 3. The topological polar surface area (TPSA) is 114 Å². The molecule has 1 aromatic rings. The van der Waals surface area contributed by atoms with Crippen molar-refractivity contribution >= 4 is 29.1 Å². The summed E-state index contributed by atoms with van der Waals surface area (Å²) in [4.78, 5) is 37.4. The summed E-state index contributed by atoms with van der Waals surface area (Å²) < 4.78 is 5.11. The molecule has 8 heteroatoms. The summed E-state index contributed by atoms with van der Waals surface area (Å²) in [7, 11) is 0. The third-order valence-electron chi connectivity index (χ3n) is 3.82. The lowest BCUT2D eigenvalue weighted by Gasteiger charge is -2.27. The van der Waals surface area contributed by atoms with Gasteiger partial charge in [-0.2, -0.15) is 0 Å². The number of rotatable bonds is 6. The monoisotopic (exact) mass is 362 g/mol. The van der Waals surface area contributed by atoms with Crippen molar-refractivity contribution in [2.24, 2.45) is 11.1 Å². The smallest absolute Gasteiger partial charge is 0.253 e. The summed E-state index contributed by atoms with van der Waals surface area (Å²) in [5, 5.41) is 5.57. The molecule has 1 saturated heterocycles. The Bertz CT molecular complexity index is 667. The van der Waals surface area contributed by atoms with Crippen LogP contribution in [0.3, 0.4) is 0 Å². The number of nitrogens with two attached hydrogens (primary N) is 1. The molecule has 0 saturated carbocycles. The molecule has 1 fully saturated rings. The summed E-state index contributed by atoms with van der Waals surface area (Å²) in [6, 6.07) is 5.71. The van der Waals surface area contributed by atoms with Crippen LogP contribution in [0, 0.1) is 5.41 Å². The fraction of sp³-hybridized carbons (Fsp3) is 0.500. The maximum atomic E-state index is 12.4. The molecule has 1 aliphatic rings. The first kappa shape index (κ1) is 19.9. The third-order valence-corrected chi connectivity index (χ3v) is 3.82. The van der Waals surface area contributed by atoms with Crippen LogP contribution < -0.4 is 21.3 Å². The van der Waals surface area contributed by atoms with Gasteiger partial charge in [-0.15, -0.1) is 0 Å². The molecule has 1 heterocycles. The predicted octanol–water partition coefficient (Wildman–Crippen LogP) is 0.478. The highest BCUT2D eigenvalue weighted by molar-refractivity contribution is 6.09. The zero-order valence-electron chi connectivity index (χ0n) is 15.4. The molecule has 0 radical (unpaired) electrons. The van der Waals surface area contributed by atoms with Gasteiger partial charge in [0, 0.05) is 24.5 Å². The van der Waals surface area contributed by atoms with Crippen molar-refractivity contribution in [1.29, 1.82) is 0 Å². The van der Waals surface area contributed by atoms with Crippen LogP contribution in [0.5, 0.6) is 0 Å². The predicted molar refractivity (Wildman–Crippen MR) is 98.7 cm³/mol. The van der Waals surface area contributed by atoms with Crippen molar-refractivity contribution in [2.75, 3.05) is 36.5 Å². The number of ether oxygens (including phenoxy) is 1. The second kappa shape index (κ2) is 8.29. The highest BCUT2D eigenvalue weighted by Gasteiger charge is 2.26. The van der Waals surface area contributed by atoms with E-state index in [0.717, 1.165) is 5.69 Å². The molecule has 2 rings (SSSR count). The van der Waals surface area contributed by atoms with Gasteiger partial charge in [-0.3, -0.25) is 19.7 Å². The highest BCUT2D eigenvalue weighted by atomic mass is 16.5. The molecule has 4 N–H and O–H groups in total. The molecule has 0 bridgehead atoms. The number of nitrogens with one attached hydrogen (secondary N) is 2. The van der Waals surface area contributed by atoms with Crippen molar-refractivity contribution in [1.82, 2.24) is 5.32 Å². The molecule has 0 spiro atoms. The Hall–Kier alpha value is -2.45. The number of benzene rings is 1. The van der Waals surface area contributed by atoms with E-state index in [2.05, 4.69) is 10.6 Å². The highest BCUT2D eigenvalue weighted by Crippen LogP contribution is 2.20. The van der Waals surface area contributed by atoms with Gasteiger partial charge in [0.1, 0.15) is 6.61 Å². The van der Waals surface area contributed by atoms with E-state index in [-0.39, 0.29) is 17.9 Å². The Labute approximate surface area is 153 Å². The summed E-state index contributed by atoms with van der Waals surface area (Å²) >= 11 is 0. The van der Waals surface area contributed by atoms with Gasteiger partial charge in [0.15, 0.2) is 6.04 Å². The van der Waals surface area contributed by atoms with Gasteiger partial charge in [0.2, 0.25) is 5.91 Å². The summed E-state index contributed by atoms with van der Waals surface area (Å²) in [6.07, 6.45) is 0. The van der Waals surface area contributed by atoms with Gasteiger partial charge in [0.25, 0.3) is 11.8 Å². The fourth-order valence-corrected chi connectivity index (χ4v) is 2.46. The number of hydrogen-bond donors (Lipinski definition) is 3. The summed E-state index contributed by atoms with van der Waals surface area (Å²) in [5.41, 5.74) is 6.49. The zero-order chi connectivity index (χ0) is 19.3. The minimum atomic E-state index is -1.12. The zero-order valence-corrected chi connectivity index (χ0v) is 15.4. The SMILES string of the molecule is CC(C)(C)CN[C@@H](C(N)=O)C(=O)Nc1ccc(N2CCOCC2=O)cc1. The Morgan fingerprint density at radius 1 is 1.27 bits per heavy atom. The van der Waals surface area contributed by atoms with E-state index in [1.807, 2.05) is 20.8 Å². The second-order valence-electron chi connectivity index (χ2n) is 7.41. The van der Waals surface area contributed by atoms with Crippen LogP contribution in [0.1, 0.15) is 20.8 Å². The molecule has 0 unspecified atom stereocenters. The van der Waals surface area contributed by atoms with E-state index >= 15 is 0 Å². The molecule has 3 amide bonds. The Balaban J connectivity index is 2.01. The minimum absolute atomic E-state index is 0.0677. The van der Waals surface area contributed by atoms with E-state index in [0.29, 0.717) is 25.4 Å². The Morgan fingerprint density at radius 2 is 1.92 bits per heavy atom. The second-order valence-corrected chi connectivity index (χ2v) is 7.41. The first-order valence-electron chi connectivity index (χ1n) is 8.49. The van der Waals surface area contributed by atoms with Gasteiger partial charge < -0.3 is 20.7 Å². The van der Waals surface area contributed by atoms with Crippen LogP contribution in [0.4, 0.5) is 11.4 Å². The van der Waals surface area contributed by atoms with Gasteiger partial charge >= 0.3 is 0 Å². The number of hydrogen-bond acceptors (Lipinski definition) is 5. The van der Waals surface area contributed by atoms with Gasteiger partial charge in [-0.1, -0.05) is 20.8 Å². The van der Waals surface area contributed by atoms with Gasteiger partial charge in [0.05, 0.1) is 6.61 Å².